The van der Waals surface area contributed by atoms with Gasteiger partial charge >= 0.3 is 0 Å². The number of rotatable bonds is 2. The average molecular weight is 251 g/mol. The van der Waals surface area contributed by atoms with E-state index in [1.165, 1.54) is 11.8 Å². The van der Waals surface area contributed by atoms with Gasteiger partial charge in [0.15, 0.2) is 0 Å². The maximum Gasteiger partial charge on any atom is 0.290 e. The van der Waals surface area contributed by atoms with Crippen LogP contribution in [0, 0.1) is 0 Å². The van der Waals surface area contributed by atoms with Crippen LogP contribution in [-0.2, 0) is 0 Å². The normalized spacial score (nSPS) is 10.6. The number of hydrogen-bond donors (Lipinski definition) is 0. The van der Waals surface area contributed by atoms with Gasteiger partial charge in [0.1, 0.15) is 7.11 Å². The van der Waals surface area contributed by atoms with E-state index in [0.717, 1.165) is 16.5 Å². The number of hydrogen-bond acceptors (Lipinski definition) is 2. The molecule has 0 bridgehead atoms. The smallest absolute Gasteiger partial charge is 0.290 e. The van der Waals surface area contributed by atoms with E-state index in [4.69, 9.17) is 4.84 Å². The molecule has 0 spiro atoms. The van der Waals surface area contributed by atoms with Crippen molar-refractivity contribution in [2.45, 2.75) is 0 Å². The highest BCUT2D eigenvalue weighted by Gasteiger charge is 2.09. The maximum absolute atomic E-state index is 12.2. The van der Waals surface area contributed by atoms with Crippen LogP contribution >= 0.6 is 0 Å². The minimum absolute atomic E-state index is 0.141. The molecule has 0 fully saturated rings. The van der Waals surface area contributed by atoms with E-state index in [1.807, 2.05) is 54.6 Å². The molecule has 0 aliphatic carbocycles. The Balaban J connectivity index is 2.42. The lowest BCUT2D eigenvalue weighted by Crippen LogP contribution is -2.24. The lowest BCUT2D eigenvalue weighted by atomic mass is 10.0. The Morgan fingerprint density at radius 2 is 1.53 bits per heavy atom. The molecule has 3 rings (SSSR count). The van der Waals surface area contributed by atoms with Crippen LogP contribution in [0.1, 0.15) is 0 Å². The van der Waals surface area contributed by atoms with Gasteiger partial charge in [-0.05, 0) is 17.0 Å². The van der Waals surface area contributed by atoms with E-state index >= 15 is 0 Å². The Hall–Kier alpha value is -2.55. The molecule has 1 heterocycles. The number of pyridine rings is 1. The van der Waals surface area contributed by atoms with Crippen LogP contribution in [0.2, 0.25) is 0 Å². The minimum atomic E-state index is -0.141. The summed E-state index contributed by atoms with van der Waals surface area (Å²) >= 11 is 0. The summed E-state index contributed by atoms with van der Waals surface area (Å²) in [7, 11) is 1.49. The highest BCUT2D eigenvalue weighted by molar-refractivity contribution is 5.95. The summed E-state index contributed by atoms with van der Waals surface area (Å²) in [6, 6.07) is 17.5. The molecule has 1 aromatic heterocycles. The zero-order chi connectivity index (χ0) is 13.2. The molecule has 0 aliphatic heterocycles. The second kappa shape index (κ2) is 4.61. The van der Waals surface area contributed by atoms with Gasteiger partial charge in [0.2, 0.25) is 0 Å². The molecule has 0 saturated carbocycles. The van der Waals surface area contributed by atoms with Gasteiger partial charge in [0, 0.05) is 5.56 Å². The summed E-state index contributed by atoms with van der Waals surface area (Å²) in [4.78, 5) is 17.3. The van der Waals surface area contributed by atoms with Crippen molar-refractivity contribution < 1.29 is 4.84 Å². The van der Waals surface area contributed by atoms with Gasteiger partial charge < -0.3 is 4.84 Å². The summed E-state index contributed by atoms with van der Waals surface area (Å²) in [5.74, 6) is 0. The van der Waals surface area contributed by atoms with E-state index in [1.54, 1.807) is 6.20 Å². The largest absolute Gasteiger partial charge is 0.414 e. The third kappa shape index (κ3) is 1.89. The number of benzene rings is 2. The van der Waals surface area contributed by atoms with Crippen LogP contribution in [0.15, 0.2) is 65.6 Å². The van der Waals surface area contributed by atoms with Crippen molar-refractivity contribution >= 4 is 10.8 Å². The molecule has 19 heavy (non-hydrogen) atoms. The number of aromatic nitrogens is 1. The van der Waals surface area contributed by atoms with Crippen LogP contribution in [0.4, 0.5) is 0 Å². The van der Waals surface area contributed by atoms with Gasteiger partial charge in [0.25, 0.3) is 5.56 Å². The van der Waals surface area contributed by atoms with Crippen LogP contribution < -0.4 is 10.4 Å². The number of fused-ring (bicyclic) bond motifs is 1. The summed E-state index contributed by atoms with van der Waals surface area (Å²) in [5.41, 5.74) is 1.90. The molecule has 0 N–H and O–H groups in total. The molecular formula is C16H13NO2. The van der Waals surface area contributed by atoms with Gasteiger partial charge in [-0.1, -0.05) is 48.5 Å². The molecule has 94 valence electrons. The van der Waals surface area contributed by atoms with E-state index in [-0.39, 0.29) is 5.56 Å². The fraction of sp³-hybridized carbons (Fsp3) is 0.0625. The third-order valence-electron chi connectivity index (χ3n) is 3.18. The van der Waals surface area contributed by atoms with Crippen LogP contribution in [-0.4, -0.2) is 11.8 Å². The Kier molecular flexibility index (Phi) is 2.80. The van der Waals surface area contributed by atoms with E-state index in [2.05, 4.69) is 0 Å². The molecule has 2 aromatic carbocycles. The monoisotopic (exact) mass is 251 g/mol. The molecular weight excluding hydrogens is 238 g/mol. The first kappa shape index (κ1) is 11.5. The molecule has 0 unspecified atom stereocenters. The Morgan fingerprint density at radius 1 is 0.895 bits per heavy atom. The molecule has 0 atom stereocenters. The van der Waals surface area contributed by atoms with Crippen molar-refractivity contribution in [2.75, 3.05) is 7.11 Å². The zero-order valence-electron chi connectivity index (χ0n) is 10.5. The van der Waals surface area contributed by atoms with Crippen molar-refractivity contribution in [3.63, 3.8) is 0 Å². The molecule has 0 aliphatic rings. The SMILES string of the molecule is COn1cc(-c2ccccc2)c2ccccc2c1=O. The molecule has 3 nitrogen and oxygen atoms in total. The second-order valence-corrected chi connectivity index (χ2v) is 4.27. The fourth-order valence-corrected chi connectivity index (χ4v) is 2.25. The Bertz CT molecular complexity index is 776. The molecule has 0 saturated heterocycles. The average Bonchev–Trinajstić information content (AvgIpc) is 2.49. The van der Waals surface area contributed by atoms with Crippen LogP contribution in [0.25, 0.3) is 21.9 Å². The lowest BCUT2D eigenvalue weighted by Gasteiger charge is -2.10. The number of nitrogens with zero attached hydrogens (tertiary/aromatic N) is 1. The van der Waals surface area contributed by atoms with Crippen molar-refractivity contribution in [2.24, 2.45) is 0 Å². The topological polar surface area (TPSA) is 31.2 Å². The Labute approximate surface area is 110 Å². The molecule has 3 aromatic rings. The maximum atomic E-state index is 12.2. The highest BCUT2D eigenvalue weighted by atomic mass is 16.6. The van der Waals surface area contributed by atoms with Crippen molar-refractivity contribution in [3.8, 4) is 11.1 Å². The second-order valence-electron chi connectivity index (χ2n) is 4.27. The van der Waals surface area contributed by atoms with E-state index < -0.39 is 0 Å². The first-order valence-electron chi connectivity index (χ1n) is 6.05. The van der Waals surface area contributed by atoms with E-state index in [9.17, 15) is 4.79 Å². The lowest BCUT2D eigenvalue weighted by molar-refractivity contribution is 0.159. The summed E-state index contributed by atoms with van der Waals surface area (Å²) in [6.45, 7) is 0. The van der Waals surface area contributed by atoms with Crippen molar-refractivity contribution in [1.29, 1.82) is 0 Å². The first-order chi connectivity index (χ1) is 9.31. The third-order valence-corrected chi connectivity index (χ3v) is 3.18. The molecule has 3 heteroatoms. The van der Waals surface area contributed by atoms with Gasteiger partial charge in [-0.3, -0.25) is 4.79 Å². The first-order valence-corrected chi connectivity index (χ1v) is 6.05. The van der Waals surface area contributed by atoms with Crippen LogP contribution in [0.5, 0.6) is 0 Å². The fourth-order valence-electron chi connectivity index (χ4n) is 2.25. The summed E-state index contributed by atoms with van der Waals surface area (Å²) < 4.78 is 1.27. The molecule has 0 amide bonds. The highest BCUT2D eigenvalue weighted by Crippen LogP contribution is 2.26. The predicted octanol–water partition coefficient (Wildman–Crippen LogP) is 2.73. The van der Waals surface area contributed by atoms with Gasteiger partial charge in [0.05, 0.1) is 11.6 Å². The quantitative estimate of drug-likeness (QED) is 0.701. The van der Waals surface area contributed by atoms with Crippen molar-refractivity contribution in [1.82, 2.24) is 4.73 Å². The van der Waals surface area contributed by atoms with Gasteiger partial charge in [-0.25, -0.2) is 0 Å². The summed E-state index contributed by atoms with van der Waals surface area (Å²) in [6.07, 6.45) is 1.74. The van der Waals surface area contributed by atoms with Crippen molar-refractivity contribution in [3.05, 3.63) is 71.1 Å². The van der Waals surface area contributed by atoms with E-state index in [0.29, 0.717) is 5.39 Å². The standard InChI is InChI=1S/C16H13NO2/c1-19-17-11-15(12-7-3-2-4-8-12)13-9-5-6-10-14(13)16(17)18/h2-11H,1H3. The predicted molar refractivity (Wildman–Crippen MR) is 76.1 cm³/mol. The van der Waals surface area contributed by atoms with Gasteiger partial charge in [-0.2, -0.15) is 4.73 Å². The Morgan fingerprint density at radius 3 is 2.21 bits per heavy atom. The van der Waals surface area contributed by atoms with Gasteiger partial charge in [-0.15, -0.1) is 0 Å². The molecule has 0 radical (unpaired) electrons. The minimum Gasteiger partial charge on any atom is -0.414 e. The zero-order valence-corrected chi connectivity index (χ0v) is 10.5. The summed E-state index contributed by atoms with van der Waals surface area (Å²) in [5, 5.41) is 1.60. The van der Waals surface area contributed by atoms with Crippen LogP contribution in [0.3, 0.4) is 0 Å².